The Hall–Kier alpha value is -1.82. The molecular weight excluding hydrogens is 334 g/mol. The zero-order valence-corrected chi connectivity index (χ0v) is 12.9. The van der Waals surface area contributed by atoms with Crippen molar-refractivity contribution in [2.24, 2.45) is 0 Å². The van der Waals surface area contributed by atoms with Crippen LogP contribution >= 0.6 is 15.9 Å². The van der Waals surface area contributed by atoms with E-state index in [9.17, 15) is 9.59 Å². The van der Waals surface area contributed by atoms with Crippen LogP contribution in [0.25, 0.3) is 10.9 Å². The SMILES string of the molecule is O=C(NC1CCCCC1=O)c1ccc2cncc(Br)c2n1. The van der Waals surface area contributed by atoms with E-state index in [1.807, 2.05) is 0 Å². The van der Waals surface area contributed by atoms with Crippen LogP contribution in [0.2, 0.25) is 0 Å². The number of fused-ring (bicyclic) bond motifs is 1. The first-order valence-corrected chi connectivity index (χ1v) is 7.68. The lowest BCUT2D eigenvalue weighted by molar-refractivity contribution is -0.122. The molecule has 1 amide bonds. The first-order chi connectivity index (χ1) is 10.1. The number of aromatic nitrogens is 2. The van der Waals surface area contributed by atoms with E-state index in [1.54, 1.807) is 24.5 Å². The van der Waals surface area contributed by atoms with Gasteiger partial charge in [0.25, 0.3) is 5.91 Å². The summed E-state index contributed by atoms with van der Waals surface area (Å²) in [5.41, 5.74) is 1.00. The van der Waals surface area contributed by atoms with Gasteiger partial charge in [0.2, 0.25) is 0 Å². The Morgan fingerprint density at radius 1 is 1.29 bits per heavy atom. The number of carbonyl (C=O) groups is 2. The van der Waals surface area contributed by atoms with Crippen LogP contribution < -0.4 is 5.32 Å². The lowest BCUT2D eigenvalue weighted by Crippen LogP contribution is -2.42. The van der Waals surface area contributed by atoms with Gasteiger partial charge in [-0.2, -0.15) is 0 Å². The van der Waals surface area contributed by atoms with E-state index in [4.69, 9.17) is 0 Å². The molecule has 0 saturated heterocycles. The molecule has 1 unspecified atom stereocenters. The number of Topliss-reactive ketones (excluding diaryl/α,β-unsaturated/α-hetero) is 1. The Morgan fingerprint density at radius 2 is 2.14 bits per heavy atom. The van der Waals surface area contributed by atoms with Gasteiger partial charge in [0, 0.05) is 24.2 Å². The van der Waals surface area contributed by atoms with Crippen molar-refractivity contribution in [3.05, 3.63) is 34.7 Å². The van der Waals surface area contributed by atoms with Gasteiger partial charge in [-0.15, -0.1) is 0 Å². The molecule has 6 heteroatoms. The zero-order chi connectivity index (χ0) is 14.8. The average Bonchev–Trinajstić information content (AvgIpc) is 2.50. The molecule has 1 fully saturated rings. The van der Waals surface area contributed by atoms with E-state index < -0.39 is 0 Å². The summed E-state index contributed by atoms with van der Waals surface area (Å²) in [5.74, 6) is -0.193. The van der Waals surface area contributed by atoms with Crippen molar-refractivity contribution in [3.8, 4) is 0 Å². The molecule has 5 nitrogen and oxygen atoms in total. The maximum atomic E-state index is 12.3. The highest BCUT2D eigenvalue weighted by Gasteiger charge is 2.24. The van der Waals surface area contributed by atoms with Crippen molar-refractivity contribution < 1.29 is 9.59 Å². The van der Waals surface area contributed by atoms with Gasteiger partial charge in [0.1, 0.15) is 5.69 Å². The molecule has 1 aliphatic rings. The fraction of sp³-hybridized carbons (Fsp3) is 0.333. The van der Waals surface area contributed by atoms with E-state index in [-0.39, 0.29) is 17.7 Å². The fourth-order valence-corrected chi connectivity index (χ4v) is 2.94. The number of halogens is 1. The van der Waals surface area contributed by atoms with Crippen molar-refractivity contribution >= 4 is 38.5 Å². The first kappa shape index (κ1) is 14.1. The van der Waals surface area contributed by atoms with Gasteiger partial charge in [-0.3, -0.25) is 14.6 Å². The maximum Gasteiger partial charge on any atom is 0.270 e. The average molecular weight is 348 g/mol. The molecule has 0 aromatic carbocycles. The number of nitrogens with one attached hydrogen (secondary N) is 1. The minimum atomic E-state index is -0.371. The summed E-state index contributed by atoms with van der Waals surface area (Å²) in [7, 11) is 0. The van der Waals surface area contributed by atoms with Gasteiger partial charge in [-0.1, -0.05) is 6.42 Å². The van der Waals surface area contributed by atoms with Gasteiger partial charge < -0.3 is 5.32 Å². The van der Waals surface area contributed by atoms with E-state index in [0.717, 1.165) is 22.7 Å². The lowest BCUT2D eigenvalue weighted by Gasteiger charge is -2.21. The number of amides is 1. The van der Waals surface area contributed by atoms with Crippen LogP contribution in [0.3, 0.4) is 0 Å². The standard InChI is InChI=1S/C15H14BrN3O2/c16-10-8-17-7-9-5-6-12(18-14(9)10)15(21)19-11-3-1-2-4-13(11)20/h5-8,11H,1-4H2,(H,19,21). The molecule has 2 heterocycles. The number of ketones is 1. The molecular formula is C15H14BrN3O2. The van der Waals surface area contributed by atoms with Gasteiger partial charge in [-0.05, 0) is 40.9 Å². The Morgan fingerprint density at radius 3 is 2.95 bits per heavy atom. The van der Waals surface area contributed by atoms with E-state index in [0.29, 0.717) is 24.1 Å². The minimum Gasteiger partial charge on any atom is -0.341 e. The number of hydrogen-bond acceptors (Lipinski definition) is 4. The van der Waals surface area contributed by atoms with Gasteiger partial charge in [0.05, 0.1) is 16.0 Å². The summed E-state index contributed by atoms with van der Waals surface area (Å²) in [6.45, 7) is 0. The van der Waals surface area contributed by atoms with Crippen LogP contribution in [-0.4, -0.2) is 27.7 Å². The highest BCUT2D eigenvalue weighted by atomic mass is 79.9. The van der Waals surface area contributed by atoms with Crippen LogP contribution in [0.5, 0.6) is 0 Å². The second-order valence-electron chi connectivity index (χ2n) is 5.13. The van der Waals surface area contributed by atoms with Crippen LogP contribution in [0, 0.1) is 0 Å². The highest BCUT2D eigenvalue weighted by Crippen LogP contribution is 2.21. The van der Waals surface area contributed by atoms with Crippen LogP contribution in [0.4, 0.5) is 0 Å². The number of pyridine rings is 2. The largest absolute Gasteiger partial charge is 0.341 e. The Kier molecular flexibility index (Phi) is 3.96. The predicted molar refractivity (Wildman–Crippen MR) is 82.0 cm³/mol. The molecule has 2 aromatic heterocycles. The van der Waals surface area contributed by atoms with Crippen LogP contribution in [0.15, 0.2) is 29.0 Å². The second kappa shape index (κ2) is 5.89. The Bertz CT molecular complexity index is 717. The maximum absolute atomic E-state index is 12.3. The smallest absolute Gasteiger partial charge is 0.270 e. The summed E-state index contributed by atoms with van der Waals surface area (Å²) in [5, 5.41) is 3.64. The number of carbonyl (C=O) groups excluding carboxylic acids is 2. The summed E-state index contributed by atoms with van der Waals surface area (Å²) in [6, 6.07) is 3.08. The quantitative estimate of drug-likeness (QED) is 0.906. The normalized spacial score (nSPS) is 18.7. The van der Waals surface area contributed by atoms with E-state index >= 15 is 0 Å². The zero-order valence-electron chi connectivity index (χ0n) is 11.3. The van der Waals surface area contributed by atoms with Gasteiger partial charge in [0.15, 0.2) is 5.78 Å². The molecule has 2 aromatic rings. The molecule has 0 bridgehead atoms. The number of nitrogens with zero attached hydrogens (tertiary/aromatic N) is 2. The predicted octanol–water partition coefficient (Wildman–Crippen LogP) is 2.63. The molecule has 108 valence electrons. The van der Waals surface area contributed by atoms with E-state index in [2.05, 4.69) is 31.2 Å². The number of hydrogen-bond donors (Lipinski definition) is 1. The summed E-state index contributed by atoms with van der Waals surface area (Å²) in [4.78, 5) is 32.4. The Balaban J connectivity index is 1.84. The number of rotatable bonds is 2. The lowest BCUT2D eigenvalue weighted by atomic mass is 9.94. The molecule has 1 aliphatic carbocycles. The van der Waals surface area contributed by atoms with Crippen LogP contribution in [-0.2, 0) is 4.79 Å². The summed E-state index contributed by atoms with van der Waals surface area (Å²) in [6.07, 6.45) is 6.48. The third kappa shape index (κ3) is 2.95. The third-order valence-electron chi connectivity index (χ3n) is 3.65. The first-order valence-electron chi connectivity index (χ1n) is 6.89. The molecule has 21 heavy (non-hydrogen) atoms. The van der Waals surface area contributed by atoms with Crippen molar-refractivity contribution in [2.75, 3.05) is 0 Å². The molecule has 0 aliphatic heterocycles. The molecule has 3 rings (SSSR count). The monoisotopic (exact) mass is 347 g/mol. The van der Waals surface area contributed by atoms with Crippen molar-refractivity contribution in [2.45, 2.75) is 31.7 Å². The molecule has 1 saturated carbocycles. The Labute approximate surface area is 130 Å². The van der Waals surface area contributed by atoms with Crippen LogP contribution in [0.1, 0.15) is 36.2 Å². The second-order valence-corrected chi connectivity index (χ2v) is 5.98. The highest BCUT2D eigenvalue weighted by molar-refractivity contribution is 9.10. The van der Waals surface area contributed by atoms with Gasteiger partial charge in [-0.25, -0.2) is 4.98 Å². The molecule has 1 N–H and O–H groups in total. The topological polar surface area (TPSA) is 72.0 Å². The van der Waals surface area contributed by atoms with Gasteiger partial charge >= 0.3 is 0 Å². The van der Waals surface area contributed by atoms with Crippen molar-refractivity contribution in [1.82, 2.24) is 15.3 Å². The summed E-state index contributed by atoms with van der Waals surface area (Å²) < 4.78 is 0.739. The van der Waals surface area contributed by atoms with E-state index in [1.165, 1.54) is 0 Å². The molecule has 0 radical (unpaired) electrons. The third-order valence-corrected chi connectivity index (χ3v) is 4.23. The molecule has 0 spiro atoms. The fourth-order valence-electron chi connectivity index (χ4n) is 2.50. The molecule has 1 atom stereocenters. The minimum absolute atomic E-state index is 0.112. The summed E-state index contributed by atoms with van der Waals surface area (Å²) >= 11 is 3.38. The van der Waals surface area contributed by atoms with Crippen molar-refractivity contribution in [3.63, 3.8) is 0 Å². The van der Waals surface area contributed by atoms with Crippen molar-refractivity contribution in [1.29, 1.82) is 0 Å².